The van der Waals surface area contributed by atoms with Crippen LogP contribution in [0.5, 0.6) is 0 Å². The Morgan fingerprint density at radius 3 is 2.51 bits per heavy atom. The molecule has 3 atom stereocenters. The minimum atomic E-state index is -0.605. The quantitative estimate of drug-likeness (QED) is 0.301. The van der Waals surface area contributed by atoms with Crippen molar-refractivity contribution in [3.05, 3.63) is 131 Å². The maximum Gasteiger partial charge on any atom is 0.257 e. The van der Waals surface area contributed by atoms with E-state index in [4.69, 9.17) is 9.47 Å². The van der Waals surface area contributed by atoms with E-state index in [2.05, 4.69) is 46.5 Å². The molecule has 1 aromatic heterocycles. The molecule has 0 bridgehead atoms. The summed E-state index contributed by atoms with van der Waals surface area (Å²) in [5, 5.41) is 12.4. The highest BCUT2D eigenvalue weighted by molar-refractivity contribution is 6.04. The smallest absolute Gasteiger partial charge is 0.257 e. The highest BCUT2D eigenvalue weighted by Crippen LogP contribution is 2.38. The lowest BCUT2D eigenvalue weighted by atomic mass is 9.99. The van der Waals surface area contributed by atoms with E-state index in [-0.39, 0.29) is 24.7 Å². The number of aliphatic hydroxyl groups is 1. The predicted octanol–water partition coefficient (Wildman–Crippen LogP) is 5.50. The van der Waals surface area contributed by atoms with Crippen LogP contribution < -0.4 is 5.32 Å². The van der Waals surface area contributed by atoms with Crippen LogP contribution in [0.3, 0.4) is 0 Å². The Morgan fingerprint density at radius 2 is 1.77 bits per heavy atom. The number of hydrogen-bond acceptors (Lipinski definition) is 6. The molecule has 2 heterocycles. The van der Waals surface area contributed by atoms with Gasteiger partial charge < -0.3 is 19.9 Å². The SMILES string of the molecule is CN(Cc1ccccc1)CC1CC(c2ccc(CO)cc2)OC(c2cccc(NC(=O)c3cccnc3)c2)O1. The molecule has 1 aliphatic rings. The van der Waals surface area contributed by atoms with Crippen molar-refractivity contribution in [2.75, 3.05) is 18.9 Å². The van der Waals surface area contributed by atoms with Gasteiger partial charge in [-0.05, 0) is 48.0 Å². The summed E-state index contributed by atoms with van der Waals surface area (Å²) in [4.78, 5) is 19.0. The largest absolute Gasteiger partial charge is 0.392 e. The van der Waals surface area contributed by atoms with Crippen molar-refractivity contribution in [2.45, 2.75) is 38.1 Å². The number of carbonyl (C=O) groups excluding carboxylic acids is 1. The van der Waals surface area contributed by atoms with Gasteiger partial charge in [-0.15, -0.1) is 0 Å². The molecular formula is C32H33N3O4. The van der Waals surface area contributed by atoms with E-state index >= 15 is 0 Å². The Bertz CT molecular complexity index is 1350. The van der Waals surface area contributed by atoms with E-state index < -0.39 is 6.29 Å². The van der Waals surface area contributed by atoms with Gasteiger partial charge in [0.1, 0.15) is 0 Å². The fourth-order valence-corrected chi connectivity index (χ4v) is 4.80. The summed E-state index contributed by atoms with van der Waals surface area (Å²) in [6.07, 6.45) is 3.01. The lowest BCUT2D eigenvalue weighted by Gasteiger charge is -2.38. The third kappa shape index (κ3) is 7.16. The molecule has 39 heavy (non-hydrogen) atoms. The number of carbonyl (C=O) groups is 1. The normalized spacial score (nSPS) is 19.1. The van der Waals surface area contributed by atoms with Crippen molar-refractivity contribution in [3.63, 3.8) is 0 Å². The van der Waals surface area contributed by atoms with Crippen LogP contribution >= 0.6 is 0 Å². The highest BCUT2D eigenvalue weighted by Gasteiger charge is 2.33. The molecule has 0 saturated carbocycles. The van der Waals surface area contributed by atoms with Gasteiger partial charge >= 0.3 is 0 Å². The minimum Gasteiger partial charge on any atom is -0.392 e. The van der Waals surface area contributed by atoms with Gasteiger partial charge in [-0.25, -0.2) is 0 Å². The molecule has 1 aliphatic heterocycles. The van der Waals surface area contributed by atoms with Crippen molar-refractivity contribution in [3.8, 4) is 0 Å². The van der Waals surface area contributed by atoms with Crippen LogP contribution in [0.25, 0.3) is 0 Å². The summed E-state index contributed by atoms with van der Waals surface area (Å²) in [6, 6.07) is 29.3. The molecule has 0 radical (unpaired) electrons. The van der Waals surface area contributed by atoms with E-state index in [0.29, 0.717) is 17.7 Å². The molecular weight excluding hydrogens is 490 g/mol. The van der Waals surface area contributed by atoms with E-state index in [0.717, 1.165) is 29.8 Å². The molecule has 4 aromatic rings. The fourth-order valence-electron chi connectivity index (χ4n) is 4.80. The second-order valence-corrected chi connectivity index (χ2v) is 9.85. The summed E-state index contributed by atoms with van der Waals surface area (Å²) >= 11 is 0. The monoisotopic (exact) mass is 523 g/mol. The molecule has 7 heteroatoms. The first-order chi connectivity index (χ1) is 19.1. The van der Waals surface area contributed by atoms with Crippen LogP contribution in [-0.4, -0.2) is 40.6 Å². The van der Waals surface area contributed by atoms with Crippen LogP contribution in [0.15, 0.2) is 103 Å². The molecule has 1 saturated heterocycles. The van der Waals surface area contributed by atoms with E-state index in [9.17, 15) is 9.90 Å². The van der Waals surface area contributed by atoms with Crippen LogP contribution in [0.1, 0.15) is 51.4 Å². The van der Waals surface area contributed by atoms with Gasteiger partial charge in [-0.3, -0.25) is 14.7 Å². The van der Waals surface area contributed by atoms with Crippen LogP contribution in [0.4, 0.5) is 5.69 Å². The third-order valence-corrected chi connectivity index (χ3v) is 6.77. The summed E-state index contributed by atoms with van der Waals surface area (Å²) in [5.41, 5.74) is 5.11. The van der Waals surface area contributed by atoms with Gasteiger partial charge in [0.2, 0.25) is 0 Å². The number of aromatic nitrogens is 1. The summed E-state index contributed by atoms with van der Waals surface area (Å²) in [6.45, 7) is 1.55. The number of hydrogen-bond donors (Lipinski definition) is 2. The van der Waals surface area contributed by atoms with Gasteiger partial charge in [0, 0.05) is 43.2 Å². The molecule has 1 fully saturated rings. The van der Waals surface area contributed by atoms with Gasteiger partial charge in [0.05, 0.1) is 24.4 Å². The van der Waals surface area contributed by atoms with Crippen molar-refractivity contribution < 1.29 is 19.4 Å². The number of nitrogens with zero attached hydrogens (tertiary/aromatic N) is 2. The lowest BCUT2D eigenvalue weighted by Crippen LogP contribution is -2.37. The Balaban J connectivity index is 1.34. The number of anilines is 1. The second-order valence-electron chi connectivity index (χ2n) is 9.85. The van der Waals surface area contributed by atoms with Crippen LogP contribution in [0.2, 0.25) is 0 Å². The second kappa shape index (κ2) is 12.8. The fraction of sp³-hybridized carbons (Fsp3) is 0.250. The van der Waals surface area contributed by atoms with Crippen molar-refractivity contribution >= 4 is 11.6 Å². The van der Waals surface area contributed by atoms with Gasteiger partial charge in [-0.1, -0.05) is 66.7 Å². The summed E-state index contributed by atoms with van der Waals surface area (Å²) in [5.74, 6) is -0.229. The van der Waals surface area contributed by atoms with E-state index in [1.54, 1.807) is 18.3 Å². The van der Waals surface area contributed by atoms with Gasteiger partial charge in [0.15, 0.2) is 6.29 Å². The maximum atomic E-state index is 12.7. The molecule has 2 N–H and O–H groups in total. The van der Waals surface area contributed by atoms with Gasteiger partial charge in [-0.2, -0.15) is 0 Å². The average molecular weight is 524 g/mol. The third-order valence-electron chi connectivity index (χ3n) is 6.77. The van der Waals surface area contributed by atoms with Crippen molar-refractivity contribution in [1.82, 2.24) is 9.88 Å². The zero-order valence-electron chi connectivity index (χ0n) is 21.9. The summed E-state index contributed by atoms with van der Waals surface area (Å²) in [7, 11) is 2.10. The topological polar surface area (TPSA) is 83.9 Å². The number of ether oxygens (including phenoxy) is 2. The molecule has 1 amide bonds. The number of likely N-dealkylation sites (N-methyl/N-ethyl adjacent to an activating group) is 1. The number of pyridine rings is 1. The Hall–Kier alpha value is -3.88. The molecule has 0 spiro atoms. The zero-order valence-corrected chi connectivity index (χ0v) is 21.9. The first-order valence-corrected chi connectivity index (χ1v) is 13.1. The van der Waals surface area contributed by atoms with Crippen molar-refractivity contribution in [2.24, 2.45) is 0 Å². The van der Waals surface area contributed by atoms with E-state index in [1.165, 1.54) is 11.8 Å². The Morgan fingerprint density at radius 1 is 0.949 bits per heavy atom. The summed E-state index contributed by atoms with van der Waals surface area (Å²) < 4.78 is 13.0. The standard InChI is InChI=1S/C32H33N3O4/c1-35(20-23-7-3-2-4-8-23)21-29-18-30(25-14-12-24(22-36)13-15-25)39-32(38-29)26-9-5-11-28(17-26)34-31(37)27-10-6-16-33-19-27/h2-17,19,29-30,32,36H,18,20-22H2,1H3,(H,34,37). The first kappa shape index (κ1) is 26.7. The average Bonchev–Trinajstić information content (AvgIpc) is 2.98. The molecule has 5 rings (SSSR count). The minimum absolute atomic E-state index is 0.00199. The van der Waals surface area contributed by atoms with E-state index in [1.807, 2.05) is 54.6 Å². The number of benzene rings is 3. The molecule has 3 aromatic carbocycles. The molecule has 0 aliphatic carbocycles. The number of rotatable bonds is 9. The highest BCUT2D eigenvalue weighted by atomic mass is 16.7. The van der Waals surface area contributed by atoms with Crippen LogP contribution in [-0.2, 0) is 22.6 Å². The molecule has 7 nitrogen and oxygen atoms in total. The van der Waals surface area contributed by atoms with Crippen LogP contribution in [0, 0.1) is 0 Å². The maximum absolute atomic E-state index is 12.7. The lowest BCUT2D eigenvalue weighted by molar-refractivity contribution is -0.252. The molecule has 3 unspecified atom stereocenters. The van der Waals surface area contributed by atoms with Crippen molar-refractivity contribution in [1.29, 1.82) is 0 Å². The number of aliphatic hydroxyl groups excluding tert-OH is 1. The Kier molecular flexibility index (Phi) is 8.75. The molecule has 200 valence electrons. The zero-order chi connectivity index (χ0) is 27.0. The predicted molar refractivity (Wildman–Crippen MR) is 150 cm³/mol. The number of amides is 1. The number of nitrogens with one attached hydrogen (secondary N) is 1. The van der Waals surface area contributed by atoms with Gasteiger partial charge in [0.25, 0.3) is 5.91 Å². The Labute approximate surface area is 229 Å². The first-order valence-electron chi connectivity index (χ1n) is 13.1.